The first-order valence-corrected chi connectivity index (χ1v) is 9.06. The van der Waals surface area contributed by atoms with Crippen molar-refractivity contribution in [1.82, 2.24) is 20.5 Å². The minimum Gasteiger partial charge on any atom is -0.497 e. The van der Waals surface area contributed by atoms with Gasteiger partial charge in [0.1, 0.15) is 11.4 Å². The number of aromatic amines is 1. The van der Waals surface area contributed by atoms with Crippen LogP contribution in [0.25, 0.3) is 11.4 Å². The van der Waals surface area contributed by atoms with E-state index >= 15 is 0 Å². The molecular weight excluding hydrogens is 356 g/mol. The summed E-state index contributed by atoms with van der Waals surface area (Å²) in [4.78, 5) is 26.9. The van der Waals surface area contributed by atoms with Crippen LogP contribution in [0.3, 0.4) is 0 Å². The molecule has 0 atom stereocenters. The first-order chi connectivity index (χ1) is 13.7. The van der Waals surface area contributed by atoms with E-state index in [4.69, 9.17) is 4.74 Å². The third-order valence-electron chi connectivity index (χ3n) is 4.30. The van der Waals surface area contributed by atoms with Crippen LogP contribution in [0.15, 0.2) is 59.4 Å². The van der Waals surface area contributed by atoms with Crippen molar-refractivity contribution in [2.24, 2.45) is 0 Å². The number of nitrogens with one attached hydrogen (secondary N) is 2. The van der Waals surface area contributed by atoms with Crippen molar-refractivity contribution < 1.29 is 9.53 Å². The van der Waals surface area contributed by atoms with Crippen molar-refractivity contribution in [1.29, 1.82) is 0 Å². The second-order valence-electron chi connectivity index (χ2n) is 6.26. The van der Waals surface area contributed by atoms with Gasteiger partial charge in [0.05, 0.1) is 7.11 Å². The van der Waals surface area contributed by atoms with E-state index in [0.717, 1.165) is 12.0 Å². The Kier molecular flexibility index (Phi) is 6.51. The summed E-state index contributed by atoms with van der Waals surface area (Å²) in [5.74, 6) is 0.981. The van der Waals surface area contributed by atoms with Gasteiger partial charge < -0.3 is 15.0 Å². The van der Waals surface area contributed by atoms with Crippen LogP contribution in [-0.2, 0) is 17.6 Å². The molecule has 0 unspecified atom stereocenters. The zero-order valence-corrected chi connectivity index (χ0v) is 15.6. The van der Waals surface area contributed by atoms with Gasteiger partial charge in [-0.15, -0.1) is 10.2 Å². The summed E-state index contributed by atoms with van der Waals surface area (Å²) < 4.78 is 5.11. The SMILES string of the molecule is COc1ccc(-c2nnc(CCC(=O)NCCc3ccccc3)c(=O)[nH]2)cc1. The van der Waals surface area contributed by atoms with Crippen molar-refractivity contribution in [2.45, 2.75) is 19.3 Å². The number of carbonyl (C=O) groups is 1. The second kappa shape index (κ2) is 9.45. The lowest BCUT2D eigenvalue weighted by Gasteiger charge is -2.06. The van der Waals surface area contributed by atoms with E-state index in [0.29, 0.717) is 18.1 Å². The van der Waals surface area contributed by atoms with Gasteiger partial charge in [0.25, 0.3) is 5.56 Å². The number of hydrogen-bond donors (Lipinski definition) is 2. The second-order valence-corrected chi connectivity index (χ2v) is 6.26. The average Bonchev–Trinajstić information content (AvgIpc) is 2.73. The van der Waals surface area contributed by atoms with Gasteiger partial charge in [-0.3, -0.25) is 9.59 Å². The normalized spacial score (nSPS) is 10.5. The Hall–Kier alpha value is -3.48. The smallest absolute Gasteiger partial charge is 0.273 e. The Bertz CT molecular complexity index is 969. The molecule has 2 aromatic carbocycles. The monoisotopic (exact) mass is 378 g/mol. The summed E-state index contributed by atoms with van der Waals surface area (Å²) in [5.41, 5.74) is 1.81. The molecule has 7 heteroatoms. The Morgan fingerprint density at radius 2 is 1.79 bits per heavy atom. The molecule has 3 aromatic rings. The average molecular weight is 378 g/mol. The summed E-state index contributed by atoms with van der Waals surface area (Å²) in [5, 5.41) is 10.9. The molecule has 144 valence electrons. The maximum Gasteiger partial charge on any atom is 0.273 e. The summed E-state index contributed by atoms with van der Waals surface area (Å²) in [6.07, 6.45) is 1.19. The van der Waals surface area contributed by atoms with Crippen LogP contribution in [0, 0.1) is 0 Å². The number of aryl methyl sites for hydroxylation is 1. The van der Waals surface area contributed by atoms with Crippen LogP contribution in [-0.4, -0.2) is 34.7 Å². The van der Waals surface area contributed by atoms with E-state index in [1.165, 1.54) is 5.56 Å². The lowest BCUT2D eigenvalue weighted by molar-refractivity contribution is -0.121. The Labute approximate surface area is 162 Å². The molecule has 0 saturated heterocycles. The number of aromatic nitrogens is 3. The van der Waals surface area contributed by atoms with Crippen molar-refractivity contribution >= 4 is 5.91 Å². The lowest BCUT2D eigenvalue weighted by Crippen LogP contribution is -2.27. The van der Waals surface area contributed by atoms with Gasteiger partial charge in [-0.1, -0.05) is 30.3 Å². The summed E-state index contributed by atoms with van der Waals surface area (Å²) in [6, 6.07) is 17.1. The van der Waals surface area contributed by atoms with Gasteiger partial charge >= 0.3 is 0 Å². The fourth-order valence-electron chi connectivity index (χ4n) is 2.71. The molecule has 2 N–H and O–H groups in total. The van der Waals surface area contributed by atoms with Crippen LogP contribution in [0.1, 0.15) is 17.7 Å². The molecule has 1 amide bonds. The van der Waals surface area contributed by atoms with E-state index < -0.39 is 0 Å². The summed E-state index contributed by atoms with van der Waals surface area (Å²) in [7, 11) is 1.59. The maximum atomic E-state index is 12.2. The molecule has 0 bridgehead atoms. The zero-order chi connectivity index (χ0) is 19.8. The number of rotatable bonds is 8. The zero-order valence-electron chi connectivity index (χ0n) is 15.6. The number of hydrogen-bond acceptors (Lipinski definition) is 5. The van der Waals surface area contributed by atoms with E-state index in [1.54, 1.807) is 31.4 Å². The maximum absolute atomic E-state index is 12.2. The molecule has 0 aliphatic rings. The molecule has 0 aliphatic carbocycles. The van der Waals surface area contributed by atoms with Crippen molar-refractivity contribution in [3.63, 3.8) is 0 Å². The minimum atomic E-state index is -0.335. The van der Waals surface area contributed by atoms with Crippen molar-refractivity contribution in [3.05, 3.63) is 76.2 Å². The number of nitrogens with zero attached hydrogens (tertiary/aromatic N) is 2. The molecule has 7 nitrogen and oxygen atoms in total. The Morgan fingerprint density at radius 1 is 1.04 bits per heavy atom. The van der Waals surface area contributed by atoms with E-state index in [1.807, 2.05) is 30.3 Å². The number of carbonyl (C=O) groups excluding carboxylic acids is 1. The molecule has 28 heavy (non-hydrogen) atoms. The predicted molar refractivity (Wildman–Crippen MR) is 106 cm³/mol. The molecule has 0 fully saturated rings. The standard InChI is InChI=1S/C21H22N4O3/c1-28-17-9-7-16(8-10-17)20-23-21(27)18(24-25-20)11-12-19(26)22-14-13-15-5-3-2-4-6-15/h2-10H,11-14H2,1H3,(H,22,26)(H,23,25,27). The largest absolute Gasteiger partial charge is 0.497 e. The van der Waals surface area contributed by atoms with Crippen molar-refractivity contribution in [2.75, 3.05) is 13.7 Å². The summed E-state index contributed by atoms with van der Waals surface area (Å²) in [6.45, 7) is 0.557. The lowest BCUT2D eigenvalue weighted by atomic mass is 10.1. The highest BCUT2D eigenvalue weighted by atomic mass is 16.5. The highest BCUT2D eigenvalue weighted by molar-refractivity contribution is 5.76. The summed E-state index contributed by atoms with van der Waals surface area (Å²) >= 11 is 0. The van der Waals surface area contributed by atoms with E-state index in [2.05, 4.69) is 20.5 Å². The minimum absolute atomic E-state index is 0.114. The van der Waals surface area contributed by atoms with Gasteiger partial charge in [0.15, 0.2) is 5.82 Å². The molecule has 0 aliphatic heterocycles. The Balaban J connectivity index is 1.51. The number of methoxy groups -OCH3 is 1. The number of H-pyrrole nitrogens is 1. The van der Waals surface area contributed by atoms with Gasteiger partial charge in [-0.2, -0.15) is 0 Å². The highest BCUT2D eigenvalue weighted by Gasteiger charge is 2.09. The quantitative estimate of drug-likeness (QED) is 0.626. The topological polar surface area (TPSA) is 97.0 Å². The van der Waals surface area contributed by atoms with Gasteiger partial charge in [-0.05, 0) is 36.2 Å². The third-order valence-corrected chi connectivity index (χ3v) is 4.30. The molecule has 1 heterocycles. The fourth-order valence-corrected chi connectivity index (χ4v) is 2.71. The number of amides is 1. The highest BCUT2D eigenvalue weighted by Crippen LogP contribution is 2.17. The van der Waals surface area contributed by atoms with Gasteiger partial charge in [-0.25, -0.2) is 0 Å². The molecule has 1 aromatic heterocycles. The Morgan fingerprint density at radius 3 is 2.46 bits per heavy atom. The molecule has 3 rings (SSSR count). The van der Waals surface area contributed by atoms with Crippen LogP contribution in [0.2, 0.25) is 0 Å². The molecular formula is C21H22N4O3. The fraction of sp³-hybridized carbons (Fsp3) is 0.238. The predicted octanol–water partition coefficient (Wildman–Crippen LogP) is 2.13. The van der Waals surface area contributed by atoms with E-state index in [-0.39, 0.29) is 30.0 Å². The molecule has 0 saturated carbocycles. The van der Waals surface area contributed by atoms with Crippen LogP contribution < -0.4 is 15.6 Å². The van der Waals surface area contributed by atoms with Crippen LogP contribution in [0.4, 0.5) is 0 Å². The number of ether oxygens (including phenoxy) is 1. The van der Waals surface area contributed by atoms with E-state index in [9.17, 15) is 9.59 Å². The van der Waals surface area contributed by atoms with Gasteiger partial charge in [0, 0.05) is 24.9 Å². The number of benzene rings is 2. The first-order valence-electron chi connectivity index (χ1n) is 9.06. The molecule has 0 radical (unpaired) electrons. The van der Waals surface area contributed by atoms with Gasteiger partial charge in [0.2, 0.25) is 5.91 Å². The van der Waals surface area contributed by atoms with Crippen LogP contribution in [0.5, 0.6) is 5.75 Å². The third kappa shape index (κ3) is 5.26. The van der Waals surface area contributed by atoms with Crippen molar-refractivity contribution in [3.8, 4) is 17.1 Å². The van der Waals surface area contributed by atoms with Crippen LogP contribution >= 0.6 is 0 Å². The molecule has 0 spiro atoms. The first kappa shape index (κ1) is 19.3.